The van der Waals surface area contributed by atoms with Crippen molar-refractivity contribution in [1.29, 1.82) is 0 Å². The molecule has 2 aliphatic rings. The number of Topliss-reactive ketones (excluding diaryl/α,β-unsaturated/α-hetero) is 1. The van der Waals surface area contributed by atoms with Crippen LogP contribution >= 0.6 is 0 Å². The quantitative estimate of drug-likeness (QED) is 0.886. The van der Waals surface area contributed by atoms with Gasteiger partial charge in [0, 0.05) is 0 Å². The molecule has 0 atom stereocenters. The lowest BCUT2D eigenvalue weighted by molar-refractivity contribution is -0.137. The molecule has 124 valence electrons. The van der Waals surface area contributed by atoms with Crippen LogP contribution in [0.25, 0.3) is 0 Å². The molecular formula is C21H22O3. The molecular weight excluding hydrogens is 300 g/mol. The van der Waals surface area contributed by atoms with Crippen molar-refractivity contribution in [2.45, 2.75) is 49.4 Å². The number of phenolic OH excluding ortho intramolecular Hbond substituents is 2. The van der Waals surface area contributed by atoms with Crippen molar-refractivity contribution in [2.24, 2.45) is 0 Å². The predicted octanol–water partition coefficient (Wildman–Crippen LogP) is 4.21. The third kappa shape index (κ3) is 2.07. The van der Waals surface area contributed by atoms with E-state index in [4.69, 9.17) is 0 Å². The molecule has 2 saturated carbocycles. The molecule has 2 aromatic rings. The van der Waals surface area contributed by atoms with Crippen molar-refractivity contribution in [3.63, 3.8) is 0 Å². The van der Waals surface area contributed by atoms with Gasteiger partial charge < -0.3 is 10.2 Å². The van der Waals surface area contributed by atoms with Crippen LogP contribution in [0.3, 0.4) is 0 Å². The fourth-order valence-corrected chi connectivity index (χ4v) is 4.37. The Kier molecular flexibility index (Phi) is 3.41. The third-order valence-electron chi connectivity index (χ3n) is 6.12. The maximum Gasteiger partial charge on any atom is 0.153 e. The molecule has 2 fully saturated rings. The molecule has 0 amide bonds. The SMILES string of the molecule is O=C(C1(c2ccc(O)cc2)CCC1)C1(c2ccc(O)cc2)CCC1. The fourth-order valence-electron chi connectivity index (χ4n) is 4.37. The van der Waals surface area contributed by atoms with E-state index in [1.165, 1.54) is 0 Å². The molecule has 0 radical (unpaired) electrons. The highest BCUT2D eigenvalue weighted by Crippen LogP contribution is 2.55. The lowest BCUT2D eigenvalue weighted by Gasteiger charge is -2.51. The van der Waals surface area contributed by atoms with Crippen molar-refractivity contribution in [2.75, 3.05) is 0 Å². The van der Waals surface area contributed by atoms with E-state index in [9.17, 15) is 15.0 Å². The zero-order valence-electron chi connectivity index (χ0n) is 13.7. The average molecular weight is 322 g/mol. The second-order valence-electron chi connectivity index (χ2n) is 7.29. The summed E-state index contributed by atoms with van der Waals surface area (Å²) in [6.45, 7) is 0. The van der Waals surface area contributed by atoms with Gasteiger partial charge in [0.25, 0.3) is 0 Å². The Labute approximate surface area is 142 Å². The van der Waals surface area contributed by atoms with E-state index >= 15 is 0 Å². The van der Waals surface area contributed by atoms with Gasteiger partial charge in [-0.15, -0.1) is 0 Å². The molecule has 3 nitrogen and oxygen atoms in total. The van der Waals surface area contributed by atoms with Crippen molar-refractivity contribution in [1.82, 2.24) is 0 Å². The van der Waals surface area contributed by atoms with Crippen molar-refractivity contribution in [3.8, 4) is 11.5 Å². The minimum absolute atomic E-state index is 0.234. The lowest BCUT2D eigenvalue weighted by Crippen LogP contribution is -2.55. The summed E-state index contributed by atoms with van der Waals surface area (Å²) in [5, 5.41) is 19.1. The summed E-state index contributed by atoms with van der Waals surface area (Å²) in [5.41, 5.74) is 1.24. The van der Waals surface area contributed by atoms with Gasteiger partial charge >= 0.3 is 0 Å². The van der Waals surface area contributed by atoms with Crippen molar-refractivity contribution in [3.05, 3.63) is 59.7 Å². The molecule has 0 unspecified atom stereocenters. The van der Waals surface area contributed by atoms with E-state index in [-0.39, 0.29) is 11.5 Å². The summed E-state index contributed by atoms with van der Waals surface area (Å²) >= 11 is 0. The van der Waals surface area contributed by atoms with Gasteiger partial charge in [0.1, 0.15) is 11.5 Å². The van der Waals surface area contributed by atoms with E-state index in [0.29, 0.717) is 5.78 Å². The molecule has 2 aliphatic carbocycles. The van der Waals surface area contributed by atoms with Crippen LogP contribution in [-0.2, 0) is 15.6 Å². The Bertz CT molecular complexity index is 685. The molecule has 0 saturated heterocycles. The number of hydrogen-bond acceptors (Lipinski definition) is 3. The molecule has 3 heteroatoms. The number of benzene rings is 2. The normalized spacial score (nSPS) is 20.7. The second-order valence-corrected chi connectivity index (χ2v) is 7.29. The number of carbonyl (C=O) groups excluding carboxylic acids is 1. The molecule has 0 aromatic heterocycles. The molecule has 0 spiro atoms. The van der Waals surface area contributed by atoms with E-state index in [1.807, 2.05) is 24.3 Å². The molecule has 2 aromatic carbocycles. The Hall–Kier alpha value is -2.29. The summed E-state index contributed by atoms with van der Waals surface area (Å²) in [7, 11) is 0. The first-order valence-corrected chi connectivity index (χ1v) is 8.71. The van der Waals surface area contributed by atoms with Gasteiger partial charge in [-0.2, -0.15) is 0 Å². The van der Waals surface area contributed by atoms with Gasteiger partial charge in [0.15, 0.2) is 5.78 Å². The predicted molar refractivity (Wildman–Crippen MR) is 92.3 cm³/mol. The van der Waals surface area contributed by atoms with Crippen LogP contribution in [0.1, 0.15) is 49.7 Å². The van der Waals surface area contributed by atoms with Crippen LogP contribution in [0.2, 0.25) is 0 Å². The topological polar surface area (TPSA) is 57.5 Å². The molecule has 0 heterocycles. The van der Waals surface area contributed by atoms with Crippen LogP contribution in [0.5, 0.6) is 11.5 Å². The van der Waals surface area contributed by atoms with E-state index in [2.05, 4.69) is 0 Å². The minimum atomic E-state index is -0.411. The van der Waals surface area contributed by atoms with E-state index < -0.39 is 10.8 Å². The van der Waals surface area contributed by atoms with Gasteiger partial charge in [0.05, 0.1) is 10.8 Å². The van der Waals surface area contributed by atoms with E-state index in [1.54, 1.807) is 24.3 Å². The first-order valence-electron chi connectivity index (χ1n) is 8.71. The lowest BCUT2D eigenvalue weighted by atomic mass is 9.50. The van der Waals surface area contributed by atoms with Crippen LogP contribution in [0.4, 0.5) is 0 Å². The van der Waals surface area contributed by atoms with Crippen LogP contribution in [0, 0.1) is 0 Å². The first kappa shape index (κ1) is 15.3. The number of aromatic hydroxyl groups is 2. The van der Waals surface area contributed by atoms with E-state index in [0.717, 1.165) is 49.7 Å². The monoisotopic (exact) mass is 322 g/mol. The van der Waals surface area contributed by atoms with Gasteiger partial charge in [-0.1, -0.05) is 37.1 Å². The van der Waals surface area contributed by atoms with Crippen molar-refractivity contribution < 1.29 is 15.0 Å². The fraction of sp³-hybridized carbons (Fsp3) is 0.381. The Balaban J connectivity index is 1.74. The Morgan fingerprint density at radius 1 is 0.667 bits per heavy atom. The Morgan fingerprint density at radius 3 is 1.25 bits per heavy atom. The highest BCUT2D eigenvalue weighted by atomic mass is 16.3. The smallest absolute Gasteiger partial charge is 0.153 e. The number of ketones is 1. The van der Waals surface area contributed by atoms with Gasteiger partial charge in [-0.25, -0.2) is 0 Å². The van der Waals surface area contributed by atoms with Crippen LogP contribution in [-0.4, -0.2) is 16.0 Å². The second kappa shape index (κ2) is 5.37. The number of carbonyl (C=O) groups is 1. The molecule has 24 heavy (non-hydrogen) atoms. The zero-order valence-corrected chi connectivity index (χ0v) is 13.7. The van der Waals surface area contributed by atoms with Crippen molar-refractivity contribution >= 4 is 5.78 Å². The Morgan fingerprint density at radius 2 is 1.00 bits per heavy atom. The number of hydrogen-bond donors (Lipinski definition) is 2. The maximum atomic E-state index is 13.7. The highest BCUT2D eigenvalue weighted by Gasteiger charge is 2.56. The standard InChI is InChI=1S/C21H22O3/c22-17-7-3-15(4-8-17)20(11-1-12-20)19(24)21(13-2-14-21)16-5-9-18(23)10-6-16/h3-10,22-23H,1-2,11-14H2. The molecule has 0 aliphatic heterocycles. The summed E-state index contributed by atoms with van der Waals surface area (Å²) in [4.78, 5) is 13.7. The van der Waals surface area contributed by atoms with Gasteiger partial charge in [-0.05, 0) is 61.1 Å². The minimum Gasteiger partial charge on any atom is -0.508 e. The summed E-state index contributed by atoms with van der Waals surface area (Å²) in [6, 6.07) is 14.3. The van der Waals surface area contributed by atoms with Gasteiger partial charge in [0.2, 0.25) is 0 Å². The number of rotatable bonds is 4. The molecule has 2 N–H and O–H groups in total. The van der Waals surface area contributed by atoms with Crippen LogP contribution < -0.4 is 0 Å². The highest BCUT2D eigenvalue weighted by molar-refractivity contribution is 6.00. The molecule has 4 rings (SSSR count). The largest absolute Gasteiger partial charge is 0.508 e. The zero-order chi connectivity index (χ0) is 16.8. The van der Waals surface area contributed by atoms with Gasteiger partial charge in [-0.3, -0.25) is 4.79 Å². The summed E-state index contributed by atoms with van der Waals surface area (Å²) in [5.74, 6) is 0.791. The molecule has 0 bridgehead atoms. The maximum absolute atomic E-state index is 13.7. The summed E-state index contributed by atoms with van der Waals surface area (Å²) in [6.07, 6.45) is 5.68. The number of phenols is 2. The van der Waals surface area contributed by atoms with Crippen LogP contribution in [0.15, 0.2) is 48.5 Å². The third-order valence-corrected chi connectivity index (χ3v) is 6.12. The summed E-state index contributed by atoms with van der Waals surface area (Å²) < 4.78 is 0. The first-order chi connectivity index (χ1) is 11.6. The average Bonchev–Trinajstić information content (AvgIpc) is 2.49.